The molecule has 0 amide bonds. The number of thioether (sulfide) groups is 1. The molecule has 278 valence electrons. The highest BCUT2D eigenvalue weighted by atomic mass is 32.2. The predicted octanol–water partition coefficient (Wildman–Crippen LogP) is 14.7. The Morgan fingerprint density at radius 2 is 1.05 bits per heavy atom. The van der Waals surface area contributed by atoms with Crippen LogP contribution in [0.25, 0.3) is 98.5 Å². The van der Waals surface area contributed by atoms with Gasteiger partial charge in [-0.1, -0.05) is 151 Å². The molecule has 7 heteroatoms. The number of thiophene rings is 1. The van der Waals surface area contributed by atoms with Crippen LogP contribution in [0.5, 0.6) is 0 Å². The summed E-state index contributed by atoms with van der Waals surface area (Å²) < 4.78 is 9.39. The number of anilines is 1. The van der Waals surface area contributed by atoms with Gasteiger partial charge in [0.05, 0.1) is 5.69 Å². The van der Waals surface area contributed by atoms with E-state index in [4.69, 9.17) is 19.4 Å². The lowest BCUT2D eigenvalue weighted by Crippen LogP contribution is -2.01. The summed E-state index contributed by atoms with van der Waals surface area (Å²) in [5, 5.41) is 8.82. The van der Waals surface area contributed by atoms with Gasteiger partial charge in [-0.25, -0.2) is 15.0 Å². The number of hydrogen-bond donors (Lipinski definition) is 1. The van der Waals surface area contributed by atoms with Crippen LogP contribution in [0.2, 0.25) is 0 Å². The van der Waals surface area contributed by atoms with Crippen molar-refractivity contribution >= 4 is 70.9 Å². The van der Waals surface area contributed by atoms with E-state index in [0.29, 0.717) is 17.5 Å². The monoisotopic (exact) mass is 792 g/mol. The summed E-state index contributed by atoms with van der Waals surface area (Å²) in [5.74, 6) is 1.85. The molecule has 1 aliphatic heterocycles. The van der Waals surface area contributed by atoms with Gasteiger partial charge < -0.3 is 9.73 Å². The number of nitrogens with zero attached hydrogens (tertiary/aromatic N) is 3. The van der Waals surface area contributed by atoms with Crippen molar-refractivity contribution in [2.75, 3.05) is 5.32 Å². The summed E-state index contributed by atoms with van der Waals surface area (Å²) in [4.78, 5) is 16.5. The predicted molar refractivity (Wildman–Crippen MR) is 246 cm³/mol. The topological polar surface area (TPSA) is 63.8 Å². The van der Waals surface area contributed by atoms with E-state index in [1.165, 1.54) is 30.6 Å². The fourth-order valence-corrected chi connectivity index (χ4v) is 10.7. The molecule has 0 saturated heterocycles. The highest BCUT2D eigenvalue weighted by Gasteiger charge is 2.30. The normalized spacial score (nSPS) is 13.7. The molecule has 0 fully saturated rings. The second-order valence-electron chi connectivity index (χ2n) is 14.8. The third-order valence-corrected chi connectivity index (χ3v) is 13.6. The van der Waals surface area contributed by atoms with Crippen LogP contribution in [0.1, 0.15) is 10.9 Å². The van der Waals surface area contributed by atoms with Gasteiger partial charge in [0.25, 0.3) is 0 Å². The zero-order valence-corrected chi connectivity index (χ0v) is 33.1. The van der Waals surface area contributed by atoms with E-state index in [-0.39, 0.29) is 5.37 Å². The summed E-state index contributed by atoms with van der Waals surface area (Å²) >= 11 is 3.71. The van der Waals surface area contributed by atoms with Gasteiger partial charge in [-0.05, 0) is 64.7 Å². The van der Waals surface area contributed by atoms with Crippen LogP contribution in [0.15, 0.2) is 191 Å². The minimum atomic E-state index is 0.0481. The summed E-state index contributed by atoms with van der Waals surface area (Å²) in [6.07, 6.45) is 0. The van der Waals surface area contributed by atoms with Crippen molar-refractivity contribution in [3.63, 3.8) is 0 Å². The Morgan fingerprint density at radius 1 is 0.458 bits per heavy atom. The number of benzene rings is 8. The van der Waals surface area contributed by atoms with Crippen molar-refractivity contribution in [3.05, 3.63) is 188 Å². The smallest absolute Gasteiger partial charge is 0.164 e. The molecule has 0 saturated carbocycles. The van der Waals surface area contributed by atoms with E-state index in [0.717, 1.165) is 66.6 Å². The van der Waals surface area contributed by atoms with Crippen molar-refractivity contribution in [2.24, 2.45) is 0 Å². The highest BCUT2D eigenvalue weighted by molar-refractivity contribution is 8.00. The quantitative estimate of drug-likeness (QED) is 0.181. The van der Waals surface area contributed by atoms with Crippen LogP contribution in [0.4, 0.5) is 5.69 Å². The second-order valence-corrected chi connectivity index (χ2v) is 17.0. The van der Waals surface area contributed by atoms with Crippen LogP contribution < -0.4 is 5.32 Å². The molecule has 0 spiro atoms. The van der Waals surface area contributed by atoms with Gasteiger partial charge in [0.1, 0.15) is 16.5 Å². The van der Waals surface area contributed by atoms with E-state index in [1.807, 2.05) is 65.6 Å². The van der Waals surface area contributed by atoms with Crippen LogP contribution in [0.3, 0.4) is 0 Å². The Balaban J connectivity index is 0.982. The van der Waals surface area contributed by atoms with Gasteiger partial charge in [0.2, 0.25) is 0 Å². The van der Waals surface area contributed by atoms with E-state index < -0.39 is 0 Å². The number of nitrogens with one attached hydrogen (secondary N) is 1. The Hall–Kier alpha value is -7.06. The third-order valence-electron chi connectivity index (χ3n) is 11.2. The zero-order valence-electron chi connectivity index (χ0n) is 31.5. The van der Waals surface area contributed by atoms with Gasteiger partial charge >= 0.3 is 0 Å². The first kappa shape index (κ1) is 34.0. The van der Waals surface area contributed by atoms with Crippen molar-refractivity contribution in [1.82, 2.24) is 15.0 Å². The van der Waals surface area contributed by atoms with Gasteiger partial charge in [0.15, 0.2) is 17.5 Å². The maximum atomic E-state index is 6.77. The molecule has 8 aromatic carbocycles. The lowest BCUT2D eigenvalue weighted by Gasteiger charge is -2.12. The van der Waals surface area contributed by atoms with E-state index in [1.54, 1.807) is 0 Å². The summed E-state index contributed by atoms with van der Waals surface area (Å²) in [6, 6.07) is 63.6. The number of aromatic nitrogens is 3. The average molecular weight is 793 g/mol. The van der Waals surface area contributed by atoms with Crippen molar-refractivity contribution in [2.45, 2.75) is 10.3 Å². The molecule has 0 aliphatic carbocycles. The minimum absolute atomic E-state index is 0.0481. The van der Waals surface area contributed by atoms with Crippen LogP contribution in [-0.4, -0.2) is 15.0 Å². The molecule has 1 atom stereocenters. The Morgan fingerprint density at radius 3 is 1.83 bits per heavy atom. The Labute approximate surface area is 348 Å². The fraction of sp³-hybridized carbons (Fsp3) is 0.0192. The average Bonchev–Trinajstić information content (AvgIpc) is 4.03. The molecule has 1 aliphatic rings. The van der Waals surface area contributed by atoms with Crippen molar-refractivity contribution < 1.29 is 4.42 Å². The van der Waals surface area contributed by atoms with Crippen LogP contribution in [-0.2, 0) is 0 Å². The molecule has 4 heterocycles. The van der Waals surface area contributed by atoms with E-state index in [2.05, 4.69) is 145 Å². The molecule has 5 nitrogen and oxygen atoms in total. The minimum Gasteiger partial charge on any atom is -0.455 e. The highest BCUT2D eigenvalue weighted by Crippen LogP contribution is 2.54. The maximum Gasteiger partial charge on any atom is 0.164 e. The zero-order chi connectivity index (χ0) is 38.9. The first-order valence-electron chi connectivity index (χ1n) is 19.6. The molecular formula is C52H32N4OS2. The molecule has 12 rings (SSSR count). The van der Waals surface area contributed by atoms with Gasteiger partial charge in [-0.3, -0.25) is 0 Å². The number of hydrogen-bond acceptors (Lipinski definition) is 7. The second kappa shape index (κ2) is 13.8. The first-order chi connectivity index (χ1) is 29.2. The molecule has 0 bridgehead atoms. The number of para-hydroxylation sites is 1. The van der Waals surface area contributed by atoms with Crippen molar-refractivity contribution in [3.8, 4) is 56.4 Å². The van der Waals surface area contributed by atoms with E-state index in [9.17, 15) is 0 Å². The van der Waals surface area contributed by atoms with Crippen LogP contribution in [0, 0.1) is 0 Å². The lowest BCUT2D eigenvalue weighted by atomic mass is 9.99. The number of furan rings is 1. The number of rotatable bonds is 6. The lowest BCUT2D eigenvalue weighted by molar-refractivity contribution is 0.669. The summed E-state index contributed by atoms with van der Waals surface area (Å²) in [6.45, 7) is 0. The molecule has 3 aromatic heterocycles. The van der Waals surface area contributed by atoms with Crippen LogP contribution >= 0.6 is 23.1 Å². The van der Waals surface area contributed by atoms with E-state index >= 15 is 0 Å². The summed E-state index contributed by atoms with van der Waals surface area (Å²) in [7, 11) is 0. The van der Waals surface area contributed by atoms with Crippen molar-refractivity contribution in [1.29, 1.82) is 0 Å². The maximum absolute atomic E-state index is 6.77. The molecular weight excluding hydrogens is 761 g/mol. The Kier molecular flexibility index (Phi) is 7.96. The molecule has 1 N–H and O–H groups in total. The fourth-order valence-electron chi connectivity index (χ4n) is 8.31. The summed E-state index contributed by atoms with van der Waals surface area (Å²) in [5.41, 5.74) is 11.1. The molecule has 0 radical (unpaired) electrons. The SMILES string of the molecule is c1ccc(-c2cccc(-c3nc(-c4ccccc4)nc(-c4cccc(-c5cc6c(c7c5oc5ccccc57)SC(c5ccc7sc8ccccc8c7c5)N6)c4)n3)c2)cc1. The van der Waals surface area contributed by atoms with Gasteiger partial charge in [-0.2, -0.15) is 0 Å². The number of fused-ring (bicyclic) bond motifs is 8. The van der Waals surface area contributed by atoms with Gasteiger partial charge in [0, 0.05) is 58.1 Å². The standard InChI is InChI=1S/C52H32N4OS2/c1-3-13-31(14-4-1)33-17-11-19-35(27-33)50-54-49(32-15-5-2-6-16-32)55-51(56-50)36-20-12-18-34(28-36)40-30-42-48(46-39-22-7-9-23-43(39)57-47(40)46)59-52(53-42)37-25-26-45-41(29-37)38-21-8-10-24-44(38)58-45/h1-30,52-53H. The first-order valence-corrected chi connectivity index (χ1v) is 21.3. The molecule has 11 aromatic rings. The Bertz CT molecular complexity index is 3410. The molecule has 1 unspecified atom stereocenters. The third kappa shape index (κ3) is 5.89. The molecule has 59 heavy (non-hydrogen) atoms. The van der Waals surface area contributed by atoms with Gasteiger partial charge in [-0.15, -0.1) is 11.3 Å². The largest absolute Gasteiger partial charge is 0.455 e.